The molecule has 5 nitrogen and oxygen atoms in total. The van der Waals surface area contributed by atoms with E-state index in [0.717, 1.165) is 4.47 Å². The first-order valence-corrected chi connectivity index (χ1v) is 5.78. The van der Waals surface area contributed by atoms with Crippen molar-refractivity contribution in [3.05, 3.63) is 34.3 Å². The smallest absolute Gasteiger partial charge is 0.405 e. The van der Waals surface area contributed by atoms with Gasteiger partial charge in [0.1, 0.15) is 5.54 Å². The predicted molar refractivity (Wildman–Crippen MR) is 66.5 cm³/mol. The maximum Gasteiger partial charge on any atom is 0.405 e. The van der Waals surface area contributed by atoms with Crippen molar-refractivity contribution in [3.8, 4) is 0 Å². The number of nitrogens with two attached hydrogens (primary N) is 1. The minimum absolute atomic E-state index is 0.246. The van der Waals surface area contributed by atoms with E-state index in [1.807, 2.05) is 0 Å². The summed E-state index contributed by atoms with van der Waals surface area (Å²) in [6.45, 7) is 1.70. The Balaban J connectivity index is 3.26. The van der Waals surface area contributed by atoms with Gasteiger partial charge in [0.05, 0.1) is 0 Å². The van der Waals surface area contributed by atoms with Crippen LogP contribution in [0.5, 0.6) is 0 Å². The van der Waals surface area contributed by atoms with Gasteiger partial charge in [-0.15, -0.1) is 0 Å². The third-order valence-electron chi connectivity index (χ3n) is 2.61. The largest absolute Gasteiger partial charge is 0.465 e. The Morgan fingerprint density at radius 2 is 1.94 bits per heavy atom. The van der Waals surface area contributed by atoms with Crippen molar-refractivity contribution >= 4 is 27.9 Å². The zero-order valence-electron chi connectivity index (χ0n) is 9.24. The molecule has 0 heterocycles. The molecule has 0 aliphatic rings. The van der Waals surface area contributed by atoms with E-state index in [-0.39, 0.29) is 6.42 Å². The number of carboxylic acid groups (broad SMARTS) is 1. The quantitative estimate of drug-likeness (QED) is 0.792. The van der Waals surface area contributed by atoms with Crippen LogP contribution in [0.4, 0.5) is 4.79 Å². The molecule has 0 saturated heterocycles. The Hall–Kier alpha value is -1.56. The van der Waals surface area contributed by atoms with Gasteiger partial charge in [0.15, 0.2) is 0 Å². The van der Waals surface area contributed by atoms with E-state index < -0.39 is 17.5 Å². The molecule has 0 aliphatic heterocycles. The minimum Gasteiger partial charge on any atom is -0.465 e. The second-order valence-electron chi connectivity index (χ2n) is 3.56. The van der Waals surface area contributed by atoms with Crippen molar-refractivity contribution in [2.24, 2.45) is 5.73 Å². The summed E-state index contributed by atoms with van der Waals surface area (Å²) in [5, 5.41) is 11.0. The SMILES string of the molecule is CCC(NC(=O)O)(C(N)=O)c1ccc(Br)cc1. The third kappa shape index (κ3) is 2.76. The highest BCUT2D eigenvalue weighted by molar-refractivity contribution is 9.10. The van der Waals surface area contributed by atoms with Crippen LogP contribution < -0.4 is 11.1 Å². The van der Waals surface area contributed by atoms with Crippen LogP contribution in [0.1, 0.15) is 18.9 Å². The van der Waals surface area contributed by atoms with Crippen molar-refractivity contribution in [1.82, 2.24) is 5.32 Å². The number of carbonyl (C=O) groups excluding carboxylic acids is 1. The van der Waals surface area contributed by atoms with Gasteiger partial charge in [0.25, 0.3) is 0 Å². The topological polar surface area (TPSA) is 92.4 Å². The van der Waals surface area contributed by atoms with Crippen LogP contribution >= 0.6 is 15.9 Å². The molecule has 1 atom stereocenters. The summed E-state index contributed by atoms with van der Waals surface area (Å²) in [7, 11) is 0. The molecule has 0 aromatic heterocycles. The fourth-order valence-electron chi connectivity index (χ4n) is 1.66. The highest BCUT2D eigenvalue weighted by Gasteiger charge is 2.38. The highest BCUT2D eigenvalue weighted by atomic mass is 79.9. The first-order chi connectivity index (χ1) is 7.92. The van der Waals surface area contributed by atoms with Crippen LogP contribution in [0.25, 0.3) is 0 Å². The van der Waals surface area contributed by atoms with Gasteiger partial charge in [0.2, 0.25) is 5.91 Å². The second-order valence-corrected chi connectivity index (χ2v) is 4.48. The fraction of sp³-hybridized carbons (Fsp3) is 0.273. The number of benzene rings is 1. The van der Waals surface area contributed by atoms with Gasteiger partial charge in [-0.2, -0.15) is 0 Å². The van der Waals surface area contributed by atoms with Gasteiger partial charge in [0, 0.05) is 4.47 Å². The van der Waals surface area contributed by atoms with Gasteiger partial charge < -0.3 is 16.2 Å². The van der Waals surface area contributed by atoms with Gasteiger partial charge in [-0.05, 0) is 24.1 Å². The predicted octanol–water partition coefficient (Wildman–Crippen LogP) is 1.81. The molecule has 1 unspecified atom stereocenters. The normalized spacial score (nSPS) is 13.8. The van der Waals surface area contributed by atoms with E-state index in [9.17, 15) is 9.59 Å². The number of amides is 2. The average molecular weight is 301 g/mol. The van der Waals surface area contributed by atoms with E-state index in [2.05, 4.69) is 21.2 Å². The number of rotatable bonds is 4. The van der Waals surface area contributed by atoms with E-state index in [1.54, 1.807) is 31.2 Å². The lowest BCUT2D eigenvalue weighted by molar-refractivity contribution is -0.124. The molecule has 92 valence electrons. The summed E-state index contributed by atoms with van der Waals surface area (Å²) >= 11 is 3.27. The lowest BCUT2D eigenvalue weighted by Gasteiger charge is -2.29. The number of halogens is 1. The molecule has 1 rings (SSSR count). The Kier molecular flexibility index (Phi) is 4.11. The van der Waals surface area contributed by atoms with Crippen LogP contribution in [0.15, 0.2) is 28.7 Å². The van der Waals surface area contributed by atoms with Crippen molar-refractivity contribution in [3.63, 3.8) is 0 Å². The summed E-state index contributed by atoms with van der Waals surface area (Å²) in [6, 6.07) is 6.78. The van der Waals surface area contributed by atoms with Crippen LogP contribution in [0.3, 0.4) is 0 Å². The molecule has 0 saturated carbocycles. The van der Waals surface area contributed by atoms with Crippen molar-refractivity contribution in [2.75, 3.05) is 0 Å². The average Bonchev–Trinajstić information content (AvgIpc) is 2.26. The zero-order valence-corrected chi connectivity index (χ0v) is 10.8. The Morgan fingerprint density at radius 3 is 2.29 bits per heavy atom. The maximum atomic E-state index is 11.6. The molecule has 2 amide bonds. The molecule has 4 N–H and O–H groups in total. The molecule has 17 heavy (non-hydrogen) atoms. The van der Waals surface area contributed by atoms with Gasteiger partial charge in [-0.25, -0.2) is 4.79 Å². The first kappa shape index (κ1) is 13.5. The number of hydrogen-bond donors (Lipinski definition) is 3. The number of carbonyl (C=O) groups is 2. The lowest BCUT2D eigenvalue weighted by Crippen LogP contribution is -2.54. The molecular weight excluding hydrogens is 288 g/mol. The van der Waals surface area contributed by atoms with E-state index in [1.165, 1.54) is 0 Å². The molecular formula is C11H13BrN2O3. The summed E-state index contributed by atoms with van der Waals surface area (Å²) in [4.78, 5) is 22.3. The van der Waals surface area contributed by atoms with Crippen LogP contribution in [-0.4, -0.2) is 17.1 Å². The second kappa shape index (κ2) is 5.18. The highest BCUT2D eigenvalue weighted by Crippen LogP contribution is 2.26. The van der Waals surface area contributed by atoms with Crippen molar-refractivity contribution in [1.29, 1.82) is 0 Å². The van der Waals surface area contributed by atoms with Gasteiger partial charge >= 0.3 is 6.09 Å². The molecule has 0 bridgehead atoms. The number of primary amides is 1. The zero-order chi connectivity index (χ0) is 13.1. The molecule has 0 radical (unpaired) electrons. The van der Waals surface area contributed by atoms with E-state index >= 15 is 0 Å². The molecule has 0 fully saturated rings. The standard InChI is InChI=1S/C11H13BrN2O3/c1-2-11(9(13)15,14-10(16)17)7-3-5-8(12)6-4-7/h3-6,14H,2H2,1H3,(H2,13,15)(H,16,17). The summed E-state index contributed by atoms with van der Waals surface area (Å²) in [5.74, 6) is -0.718. The Labute approximate surface area is 107 Å². The number of nitrogens with one attached hydrogen (secondary N) is 1. The molecule has 0 spiro atoms. The van der Waals surface area contributed by atoms with E-state index in [4.69, 9.17) is 10.8 Å². The maximum absolute atomic E-state index is 11.6. The molecule has 6 heteroatoms. The first-order valence-electron chi connectivity index (χ1n) is 4.99. The minimum atomic E-state index is -1.38. The van der Waals surface area contributed by atoms with Crippen LogP contribution in [0, 0.1) is 0 Å². The summed E-state index contributed by atoms with van der Waals surface area (Å²) < 4.78 is 0.839. The summed E-state index contributed by atoms with van der Waals surface area (Å²) in [6.07, 6.45) is -1.04. The van der Waals surface area contributed by atoms with Crippen molar-refractivity contribution in [2.45, 2.75) is 18.9 Å². The fourth-order valence-corrected chi connectivity index (χ4v) is 1.92. The monoisotopic (exact) mass is 300 g/mol. The number of hydrogen-bond acceptors (Lipinski definition) is 2. The van der Waals surface area contributed by atoms with Gasteiger partial charge in [-0.3, -0.25) is 4.79 Å². The summed E-state index contributed by atoms with van der Waals surface area (Å²) in [5.41, 5.74) is 4.47. The molecule has 0 aliphatic carbocycles. The Morgan fingerprint density at radius 1 is 1.41 bits per heavy atom. The molecule has 1 aromatic carbocycles. The van der Waals surface area contributed by atoms with Crippen molar-refractivity contribution < 1.29 is 14.7 Å². The van der Waals surface area contributed by atoms with Crippen LogP contribution in [-0.2, 0) is 10.3 Å². The third-order valence-corrected chi connectivity index (χ3v) is 3.14. The van der Waals surface area contributed by atoms with Gasteiger partial charge in [-0.1, -0.05) is 35.0 Å². The van der Waals surface area contributed by atoms with Crippen LogP contribution in [0.2, 0.25) is 0 Å². The van der Waals surface area contributed by atoms with E-state index in [0.29, 0.717) is 5.56 Å². The Bertz CT molecular complexity index is 433. The lowest BCUT2D eigenvalue weighted by atomic mass is 9.86. The molecule has 1 aromatic rings.